The third-order valence-corrected chi connectivity index (χ3v) is 5.57. The first kappa shape index (κ1) is 19.6. The van der Waals surface area contributed by atoms with Crippen LogP contribution >= 0.6 is 0 Å². The van der Waals surface area contributed by atoms with Crippen molar-refractivity contribution in [2.24, 2.45) is 7.05 Å². The number of hydrogen-bond acceptors (Lipinski definition) is 4. The third-order valence-electron chi connectivity index (χ3n) is 5.57. The molecule has 0 saturated carbocycles. The summed E-state index contributed by atoms with van der Waals surface area (Å²) < 4.78 is 7.78. The van der Waals surface area contributed by atoms with Crippen LogP contribution in [0.15, 0.2) is 79.1 Å². The molecule has 2 heterocycles. The lowest BCUT2D eigenvalue weighted by molar-refractivity contribution is 0.0765. The largest absolute Gasteiger partial charge is 0.455 e. The molecule has 6 heteroatoms. The Morgan fingerprint density at radius 1 is 1.00 bits per heavy atom. The molecular formula is C26H20N4O2. The molecule has 0 N–H and O–H groups in total. The first-order valence-corrected chi connectivity index (χ1v) is 10.3. The van der Waals surface area contributed by atoms with Gasteiger partial charge in [0.05, 0.1) is 17.3 Å². The van der Waals surface area contributed by atoms with Crippen LogP contribution in [0.3, 0.4) is 0 Å². The Morgan fingerprint density at radius 2 is 1.78 bits per heavy atom. The van der Waals surface area contributed by atoms with Gasteiger partial charge in [-0.1, -0.05) is 48.5 Å². The average Bonchev–Trinajstić information content (AvgIpc) is 3.38. The van der Waals surface area contributed by atoms with Crippen molar-refractivity contribution in [3.05, 3.63) is 101 Å². The van der Waals surface area contributed by atoms with E-state index in [1.54, 1.807) is 28.9 Å². The summed E-state index contributed by atoms with van der Waals surface area (Å²) in [4.78, 5) is 15.0. The summed E-state index contributed by atoms with van der Waals surface area (Å²) in [5, 5.41) is 13.5. The highest BCUT2D eigenvalue weighted by atomic mass is 16.5. The molecule has 6 nitrogen and oxygen atoms in total. The molecule has 0 aliphatic carbocycles. The molecule has 0 bridgehead atoms. The Kier molecular flexibility index (Phi) is 4.92. The van der Waals surface area contributed by atoms with Crippen LogP contribution in [0, 0.1) is 11.3 Å². The first-order valence-electron chi connectivity index (χ1n) is 10.3. The topological polar surface area (TPSA) is 71.2 Å². The number of para-hydroxylation sites is 1. The van der Waals surface area contributed by atoms with Crippen molar-refractivity contribution < 1.29 is 9.53 Å². The maximum Gasteiger partial charge on any atom is 0.258 e. The van der Waals surface area contributed by atoms with Gasteiger partial charge in [-0.15, -0.1) is 0 Å². The highest BCUT2D eigenvalue weighted by Crippen LogP contribution is 2.35. The molecule has 32 heavy (non-hydrogen) atoms. The molecule has 0 fully saturated rings. The van der Waals surface area contributed by atoms with Gasteiger partial charge >= 0.3 is 0 Å². The van der Waals surface area contributed by atoms with E-state index in [1.165, 1.54) is 0 Å². The van der Waals surface area contributed by atoms with E-state index < -0.39 is 0 Å². The van der Waals surface area contributed by atoms with Crippen LogP contribution < -0.4 is 4.74 Å². The van der Waals surface area contributed by atoms with Gasteiger partial charge < -0.3 is 9.64 Å². The SMILES string of the molecule is Cn1cc(-c2ccc(CN3Cc4cccc(Oc5ccccc5C#N)c4C3=O)cc2)cn1. The lowest BCUT2D eigenvalue weighted by Crippen LogP contribution is -2.23. The number of benzene rings is 3. The Morgan fingerprint density at radius 3 is 2.53 bits per heavy atom. The van der Waals surface area contributed by atoms with E-state index in [0.717, 1.165) is 22.3 Å². The monoisotopic (exact) mass is 420 g/mol. The highest BCUT2D eigenvalue weighted by molar-refractivity contribution is 6.01. The predicted molar refractivity (Wildman–Crippen MR) is 120 cm³/mol. The van der Waals surface area contributed by atoms with Gasteiger partial charge in [-0.25, -0.2) is 0 Å². The zero-order chi connectivity index (χ0) is 22.1. The van der Waals surface area contributed by atoms with Crippen LogP contribution in [-0.2, 0) is 20.1 Å². The normalized spacial score (nSPS) is 12.5. The molecule has 1 aliphatic rings. The van der Waals surface area contributed by atoms with Crippen molar-refractivity contribution in [3.63, 3.8) is 0 Å². The van der Waals surface area contributed by atoms with Gasteiger partial charge in [-0.05, 0) is 34.9 Å². The molecule has 4 aromatic rings. The van der Waals surface area contributed by atoms with Crippen molar-refractivity contribution in [2.45, 2.75) is 13.1 Å². The number of carbonyl (C=O) groups is 1. The highest BCUT2D eigenvalue weighted by Gasteiger charge is 2.31. The lowest BCUT2D eigenvalue weighted by Gasteiger charge is -2.16. The molecule has 0 saturated heterocycles. The number of aryl methyl sites for hydroxylation is 1. The molecule has 156 valence electrons. The average molecular weight is 420 g/mol. The van der Waals surface area contributed by atoms with Gasteiger partial charge in [-0.2, -0.15) is 10.4 Å². The van der Waals surface area contributed by atoms with Crippen molar-refractivity contribution >= 4 is 5.91 Å². The fraction of sp³-hybridized carbons (Fsp3) is 0.115. The van der Waals surface area contributed by atoms with E-state index in [0.29, 0.717) is 35.7 Å². The molecule has 0 spiro atoms. The van der Waals surface area contributed by atoms with E-state index in [1.807, 2.05) is 66.8 Å². The quantitative estimate of drug-likeness (QED) is 0.460. The number of amides is 1. The summed E-state index contributed by atoms with van der Waals surface area (Å²) >= 11 is 0. The van der Waals surface area contributed by atoms with Crippen molar-refractivity contribution in [3.8, 4) is 28.7 Å². The van der Waals surface area contributed by atoms with Crippen LogP contribution in [0.1, 0.15) is 27.0 Å². The van der Waals surface area contributed by atoms with Gasteiger partial charge in [0.25, 0.3) is 5.91 Å². The maximum absolute atomic E-state index is 13.2. The number of ether oxygens (including phenoxy) is 1. The van der Waals surface area contributed by atoms with Crippen LogP contribution in [0.2, 0.25) is 0 Å². The second-order valence-corrected chi connectivity index (χ2v) is 7.76. The fourth-order valence-electron chi connectivity index (χ4n) is 3.96. The number of fused-ring (bicyclic) bond motifs is 1. The molecule has 0 radical (unpaired) electrons. The molecule has 0 atom stereocenters. The molecule has 1 aliphatic heterocycles. The summed E-state index contributed by atoms with van der Waals surface area (Å²) in [5.74, 6) is 0.853. The van der Waals surface area contributed by atoms with E-state index in [9.17, 15) is 10.1 Å². The summed E-state index contributed by atoms with van der Waals surface area (Å²) in [5.41, 5.74) is 5.12. The maximum atomic E-state index is 13.2. The van der Waals surface area contributed by atoms with E-state index in [4.69, 9.17) is 4.74 Å². The number of nitriles is 1. The first-order chi connectivity index (χ1) is 15.6. The van der Waals surface area contributed by atoms with Gasteiger partial charge in [0.2, 0.25) is 0 Å². The minimum atomic E-state index is -0.0682. The van der Waals surface area contributed by atoms with Gasteiger partial charge in [-0.3, -0.25) is 9.48 Å². The van der Waals surface area contributed by atoms with Gasteiger partial charge in [0, 0.05) is 31.9 Å². The molecular weight excluding hydrogens is 400 g/mol. The van der Waals surface area contributed by atoms with E-state index in [2.05, 4.69) is 11.2 Å². The number of rotatable bonds is 5. The minimum absolute atomic E-state index is 0.0682. The van der Waals surface area contributed by atoms with Crippen LogP contribution in [0.25, 0.3) is 11.1 Å². The predicted octanol–water partition coefficient (Wildman–Crippen LogP) is 4.91. The smallest absolute Gasteiger partial charge is 0.258 e. The van der Waals surface area contributed by atoms with Gasteiger partial charge in [0.15, 0.2) is 0 Å². The van der Waals surface area contributed by atoms with E-state index in [-0.39, 0.29) is 5.91 Å². The second-order valence-electron chi connectivity index (χ2n) is 7.76. The van der Waals surface area contributed by atoms with Gasteiger partial charge in [0.1, 0.15) is 17.6 Å². The molecule has 1 aromatic heterocycles. The lowest BCUT2D eigenvalue weighted by atomic mass is 10.1. The zero-order valence-corrected chi connectivity index (χ0v) is 17.5. The number of nitrogens with zero attached hydrogens (tertiary/aromatic N) is 4. The summed E-state index contributed by atoms with van der Waals surface area (Å²) in [6, 6.07) is 22.9. The summed E-state index contributed by atoms with van der Waals surface area (Å²) in [6.45, 7) is 1.03. The van der Waals surface area contributed by atoms with Crippen molar-refractivity contribution in [2.75, 3.05) is 0 Å². The Bertz CT molecular complexity index is 1350. The number of carbonyl (C=O) groups excluding carboxylic acids is 1. The number of hydrogen-bond donors (Lipinski definition) is 0. The van der Waals surface area contributed by atoms with Crippen LogP contribution in [0.4, 0.5) is 0 Å². The molecule has 0 unspecified atom stereocenters. The molecule has 5 rings (SSSR count). The van der Waals surface area contributed by atoms with E-state index >= 15 is 0 Å². The fourth-order valence-corrected chi connectivity index (χ4v) is 3.96. The van der Waals surface area contributed by atoms with Crippen LogP contribution in [-0.4, -0.2) is 20.6 Å². The Balaban J connectivity index is 1.36. The minimum Gasteiger partial charge on any atom is -0.455 e. The Labute approximate surface area is 185 Å². The number of aromatic nitrogens is 2. The molecule has 1 amide bonds. The van der Waals surface area contributed by atoms with Crippen LogP contribution in [0.5, 0.6) is 11.5 Å². The third kappa shape index (κ3) is 3.61. The van der Waals surface area contributed by atoms with Crippen molar-refractivity contribution in [1.82, 2.24) is 14.7 Å². The standard InChI is InChI=1S/C26H20N4O2/c1-29-16-22(14-28-29)19-11-9-18(10-12-19)15-30-17-21-6-4-8-24(25(21)26(30)31)32-23-7-3-2-5-20(23)13-27/h2-12,14,16H,15,17H2,1H3. The summed E-state index contributed by atoms with van der Waals surface area (Å²) in [6.07, 6.45) is 3.81. The zero-order valence-electron chi connectivity index (χ0n) is 17.5. The Hall–Kier alpha value is -4.37. The van der Waals surface area contributed by atoms with Crippen molar-refractivity contribution in [1.29, 1.82) is 5.26 Å². The molecule has 3 aromatic carbocycles. The second kappa shape index (κ2) is 8.05. The summed E-state index contributed by atoms with van der Waals surface area (Å²) in [7, 11) is 1.89.